The summed E-state index contributed by atoms with van der Waals surface area (Å²) in [7, 11) is 1.37. The van der Waals surface area contributed by atoms with Crippen LogP contribution in [0.15, 0.2) is 36.5 Å². The molecule has 8 nitrogen and oxygen atoms in total. The molecule has 1 amide bonds. The van der Waals surface area contributed by atoms with E-state index in [4.69, 9.17) is 20.3 Å². The number of hydrogen-bond acceptors (Lipinski definition) is 7. The number of phenols is 1. The zero-order chi connectivity index (χ0) is 24.8. The van der Waals surface area contributed by atoms with Crippen molar-refractivity contribution < 1.29 is 33.7 Å². The van der Waals surface area contributed by atoms with E-state index in [9.17, 15) is 19.1 Å². The van der Waals surface area contributed by atoms with Gasteiger partial charge in [-0.25, -0.2) is 9.37 Å². The van der Waals surface area contributed by atoms with Crippen molar-refractivity contribution in [2.75, 3.05) is 7.11 Å². The molecule has 33 heavy (non-hydrogen) atoms. The second-order valence-electron chi connectivity index (χ2n) is 7.59. The molecule has 182 valence electrons. The maximum Gasteiger partial charge on any atom is 0.305 e. The van der Waals surface area contributed by atoms with Crippen molar-refractivity contribution in [1.82, 2.24) is 4.98 Å². The summed E-state index contributed by atoms with van der Waals surface area (Å²) in [6.45, 7) is 3.84. The van der Waals surface area contributed by atoms with Crippen LogP contribution >= 0.6 is 0 Å². The number of hydrogen-bond donors (Lipinski definition) is 3. The molecule has 9 heteroatoms. The van der Waals surface area contributed by atoms with Gasteiger partial charge in [-0.1, -0.05) is 38.7 Å². The number of aromatic nitrogens is 1. The van der Waals surface area contributed by atoms with Crippen molar-refractivity contribution >= 4 is 11.9 Å². The van der Waals surface area contributed by atoms with Crippen LogP contribution in [-0.2, 0) is 9.53 Å². The summed E-state index contributed by atoms with van der Waals surface area (Å²) in [5.74, 6) is -0.641. The van der Waals surface area contributed by atoms with Gasteiger partial charge in [0.15, 0.2) is 17.2 Å². The fraction of sp³-hybridized carbons (Fsp3) is 0.458. The van der Waals surface area contributed by atoms with E-state index < -0.39 is 11.7 Å². The van der Waals surface area contributed by atoms with Gasteiger partial charge in [-0.05, 0) is 31.4 Å². The van der Waals surface area contributed by atoms with Crippen molar-refractivity contribution in [2.24, 2.45) is 11.7 Å². The third kappa shape index (κ3) is 10.7. The van der Waals surface area contributed by atoms with E-state index in [1.54, 1.807) is 0 Å². The van der Waals surface area contributed by atoms with Gasteiger partial charge in [0.2, 0.25) is 0 Å². The lowest BCUT2D eigenvalue weighted by molar-refractivity contribution is -0.148. The highest BCUT2D eigenvalue weighted by Gasteiger charge is 2.19. The Labute approximate surface area is 193 Å². The van der Waals surface area contributed by atoms with Crippen molar-refractivity contribution in [1.29, 1.82) is 0 Å². The molecule has 1 fully saturated rings. The summed E-state index contributed by atoms with van der Waals surface area (Å²) in [5.41, 5.74) is 4.74. The monoisotopic (exact) mass is 464 g/mol. The molecular formula is C24H33FN2O6. The number of rotatable bonds is 6. The van der Waals surface area contributed by atoms with Crippen LogP contribution < -0.4 is 10.5 Å². The first-order valence-electron chi connectivity index (χ1n) is 10.8. The summed E-state index contributed by atoms with van der Waals surface area (Å²) in [6, 6.07) is 6.63. The predicted molar refractivity (Wildman–Crippen MR) is 121 cm³/mol. The SMILES string of the molecule is CCC(=O)OC(C)CC1CCCC1.COc1ccnc(C(N)=O)c1O.Oc1cccc(F)c1. The minimum Gasteiger partial charge on any atom is -0.508 e. The van der Waals surface area contributed by atoms with Gasteiger partial charge in [0, 0.05) is 24.8 Å². The van der Waals surface area contributed by atoms with Crippen LogP contribution in [0.1, 0.15) is 62.9 Å². The van der Waals surface area contributed by atoms with E-state index in [1.807, 2.05) is 13.8 Å². The maximum atomic E-state index is 12.0. The number of aromatic hydroxyl groups is 2. The summed E-state index contributed by atoms with van der Waals surface area (Å²) < 4.78 is 22.0. The highest BCUT2D eigenvalue weighted by molar-refractivity contribution is 5.94. The molecule has 1 aromatic carbocycles. The number of carbonyl (C=O) groups is 2. The number of ether oxygens (including phenoxy) is 2. The van der Waals surface area contributed by atoms with Crippen LogP contribution in [-0.4, -0.2) is 40.3 Å². The molecule has 0 radical (unpaired) electrons. The molecule has 1 heterocycles. The van der Waals surface area contributed by atoms with E-state index in [-0.39, 0.29) is 35.0 Å². The Kier molecular flexibility index (Phi) is 12.3. The Morgan fingerprint density at radius 2 is 1.91 bits per heavy atom. The second kappa shape index (κ2) is 14.7. The standard InChI is InChI=1S/C11H20O2.C7H8N2O3.C6H5FO/c1-3-11(12)13-9(2)8-10-6-4-5-7-10;1-12-4-2-3-9-5(6(4)10)7(8)11;7-5-2-1-3-6(8)4-5/h9-10H,3-8H2,1-2H3;2-3,10H,1H3,(H2,8,11);1-4,8H. The number of pyridine rings is 1. The summed E-state index contributed by atoms with van der Waals surface area (Å²) in [4.78, 5) is 25.2. The second-order valence-corrected chi connectivity index (χ2v) is 7.59. The van der Waals surface area contributed by atoms with Crippen molar-refractivity contribution in [2.45, 2.75) is 58.5 Å². The summed E-state index contributed by atoms with van der Waals surface area (Å²) in [5, 5.41) is 17.8. The lowest BCUT2D eigenvalue weighted by Crippen LogP contribution is -2.16. The number of halogens is 1. The minimum atomic E-state index is -0.786. The van der Waals surface area contributed by atoms with Gasteiger partial charge in [-0.15, -0.1) is 0 Å². The van der Waals surface area contributed by atoms with Gasteiger partial charge in [-0.2, -0.15) is 0 Å². The number of phenolic OH excluding ortho intramolecular Hbond substituents is 1. The van der Waals surface area contributed by atoms with E-state index in [1.165, 1.54) is 63.3 Å². The van der Waals surface area contributed by atoms with Crippen LogP contribution in [0.25, 0.3) is 0 Å². The average molecular weight is 465 g/mol. The fourth-order valence-electron chi connectivity index (χ4n) is 3.33. The summed E-state index contributed by atoms with van der Waals surface area (Å²) in [6.07, 6.45) is 8.38. The molecule has 0 saturated heterocycles. The van der Waals surface area contributed by atoms with Crippen LogP contribution in [0.5, 0.6) is 17.2 Å². The molecule has 2 aromatic rings. The minimum absolute atomic E-state index is 0.0370. The smallest absolute Gasteiger partial charge is 0.305 e. The Morgan fingerprint density at radius 1 is 1.24 bits per heavy atom. The first kappa shape index (κ1) is 27.7. The Morgan fingerprint density at radius 3 is 2.39 bits per heavy atom. The van der Waals surface area contributed by atoms with Crippen molar-refractivity contribution in [3.63, 3.8) is 0 Å². The highest BCUT2D eigenvalue weighted by Crippen LogP contribution is 2.29. The molecule has 0 spiro atoms. The number of methoxy groups -OCH3 is 1. The molecule has 1 atom stereocenters. The molecule has 0 bridgehead atoms. The number of benzene rings is 1. The topological polar surface area (TPSA) is 132 Å². The van der Waals surface area contributed by atoms with Gasteiger partial charge in [0.1, 0.15) is 11.6 Å². The highest BCUT2D eigenvalue weighted by atomic mass is 19.1. The van der Waals surface area contributed by atoms with E-state index >= 15 is 0 Å². The third-order valence-corrected chi connectivity index (χ3v) is 4.91. The van der Waals surface area contributed by atoms with Crippen LogP contribution in [0.4, 0.5) is 4.39 Å². The molecule has 4 N–H and O–H groups in total. The van der Waals surface area contributed by atoms with Crippen molar-refractivity contribution in [3.8, 4) is 17.2 Å². The van der Waals surface area contributed by atoms with Crippen LogP contribution in [0, 0.1) is 11.7 Å². The molecule has 1 saturated carbocycles. The quantitative estimate of drug-likeness (QED) is 0.542. The molecule has 1 unspecified atom stereocenters. The molecule has 1 aliphatic rings. The number of primary amides is 1. The number of esters is 1. The van der Waals surface area contributed by atoms with Gasteiger partial charge >= 0.3 is 5.97 Å². The van der Waals surface area contributed by atoms with Gasteiger partial charge < -0.3 is 25.4 Å². The molecule has 3 rings (SSSR count). The first-order valence-corrected chi connectivity index (χ1v) is 10.8. The number of amides is 1. The number of nitrogens with zero attached hydrogens (tertiary/aromatic N) is 1. The Bertz CT molecular complexity index is 870. The number of nitrogens with two attached hydrogens (primary N) is 1. The lowest BCUT2D eigenvalue weighted by atomic mass is 10.0. The largest absolute Gasteiger partial charge is 0.508 e. The average Bonchev–Trinajstić information content (AvgIpc) is 3.27. The third-order valence-electron chi connectivity index (χ3n) is 4.91. The zero-order valence-corrected chi connectivity index (χ0v) is 19.3. The van der Waals surface area contributed by atoms with Gasteiger partial charge in [0.25, 0.3) is 5.91 Å². The molecule has 1 aromatic heterocycles. The molecular weight excluding hydrogens is 431 g/mol. The van der Waals surface area contributed by atoms with Crippen LogP contribution in [0.2, 0.25) is 0 Å². The molecule has 1 aliphatic carbocycles. The van der Waals surface area contributed by atoms with E-state index in [0.29, 0.717) is 6.42 Å². The Balaban J connectivity index is 0.000000254. The predicted octanol–water partition coefficient (Wildman–Crippen LogP) is 4.33. The van der Waals surface area contributed by atoms with Gasteiger partial charge in [-0.3, -0.25) is 9.59 Å². The summed E-state index contributed by atoms with van der Waals surface area (Å²) >= 11 is 0. The van der Waals surface area contributed by atoms with Crippen molar-refractivity contribution in [3.05, 3.63) is 48.0 Å². The maximum absolute atomic E-state index is 12.0. The number of carbonyl (C=O) groups excluding carboxylic acids is 2. The fourth-order valence-corrected chi connectivity index (χ4v) is 3.33. The molecule has 0 aliphatic heterocycles. The Hall–Kier alpha value is -3.36. The van der Waals surface area contributed by atoms with E-state index in [0.717, 1.165) is 18.4 Å². The lowest BCUT2D eigenvalue weighted by Gasteiger charge is -2.16. The van der Waals surface area contributed by atoms with Crippen LogP contribution in [0.3, 0.4) is 0 Å². The zero-order valence-electron chi connectivity index (χ0n) is 19.3. The van der Waals surface area contributed by atoms with Gasteiger partial charge in [0.05, 0.1) is 13.2 Å². The van der Waals surface area contributed by atoms with E-state index in [2.05, 4.69) is 4.98 Å². The normalized spacial score (nSPS) is 13.6. The first-order chi connectivity index (χ1) is 15.7.